The van der Waals surface area contributed by atoms with Gasteiger partial charge in [0.2, 0.25) is 5.91 Å². The average Bonchev–Trinajstić information content (AvgIpc) is 2.53. The number of benzene rings is 1. The van der Waals surface area contributed by atoms with E-state index in [4.69, 9.17) is 4.74 Å². The Bertz CT molecular complexity index is 637. The summed E-state index contributed by atoms with van der Waals surface area (Å²) in [5.74, 6) is -0.0548. The summed E-state index contributed by atoms with van der Waals surface area (Å²) < 4.78 is 18.5. The Morgan fingerprint density at radius 3 is 2.73 bits per heavy atom. The van der Waals surface area contributed by atoms with E-state index in [2.05, 4.69) is 10.3 Å². The molecule has 1 unspecified atom stereocenters. The molecule has 0 bridgehead atoms. The maximum absolute atomic E-state index is 13.7. The fourth-order valence-corrected chi connectivity index (χ4v) is 2.60. The van der Waals surface area contributed by atoms with E-state index in [1.54, 1.807) is 24.5 Å². The van der Waals surface area contributed by atoms with Crippen molar-refractivity contribution >= 4 is 17.7 Å². The number of rotatable bonds is 6. The Morgan fingerprint density at radius 2 is 2.09 bits per heavy atom. The quantitative estimate of drug-likeness (QED) is 0.831. The number of halogens is 1. The maximum Gasteiger partial charge on any atom is 0.230 e. The van der Waals surface area contributed by atoms with Crippen LogP contribution in [0.5, 0.6) is 5.75 Å². The smallest absolute Gasteiger partial charge is 0.230 e. The van der Waals surface area contributed by atoms with Crippen molar-refractivity contribution in [3.05, 3.63) is 54.1 Å². The molecule has 1 aromatic heterocycles. The van der Waals surface area contributed by atoms with Crippen molar-refractivity contribution in [1.82, 2.24) is 10.3 Å². The van der Waals surface area contributed by atoms with Gasteiger partial charge in [-0.15, -0.1) is 11.8 Å². The second-order valence-corrected chi connectivity index (χ2v) is 5.70. The zero-order valence-electron chi connectivity index (χ0n) is 12.4. The Morgan fingerprint density at radius 1 is 1.36 bits per heavy atom. The number of thioether (sulfide) groups is 1. The lowest BCUT2D eigenvalue weighted by Gasteiger charge is -2.15. The molecule has 0 aliphatic carbocycles. The highest BCUT2D eigenvalue weighted by molar-refractivity contribution is 8.00. The van der Waals surface area contributed by atoms with Crippen molar-refractivity contribution in [2.45, 2.75) is 17.9 Å². The molecule has 2 rings (SSSR count). The summed E-state index contributed by atoms with van der Waals surface area (Å²) in [6, 6.07) is 8.09. The van der Waals surface area contributed by atoms with E-state index in [-0.39, 0.29) is 17.7 Å². The molecule has 22 heavy (non-hydrogen) atoms. The molecule has 0 saturated heterocycles. The second kappa shape index (κ2) is 7.79. The summed E-state index contributed by atoms with van der Waals surface area (Å²) in [4.78, 5) is 16.8. The van der Waals surface area contributed by atoms with Crippen LogP contribution >= 0.6 is 11.8 Å². The van der Waals surface area contributed by atoms with Gasteiger partial charge in [-0.05, 0) is 36.8 Å². The number of ether oxygens (including phenoxy) is 1. The summed E-state index contributed by atoms with van der Waals surface area (Å²) in [6.07, 6.45) is 3.37. The fraction of sp³-hybridized carbons (Fsp3) is 0.250. The van der Waals surface area contributed by atoms with Crippen LogP contribution in [-0.2, 0) is 4.79 Å². The van der Waals surface area contributed by atoms with E-state index in [1.807, 2.05) is 19.1 Å². The Kier molecular flexibility index (Phi) is 5.77. The summed E-state index contributed by atoms with van der Waals surface area (Å²) in [6.45, 7) is 1.82. The third kappa shape index (κ3) is 4.46. The third-order valence-corrected chi connectivity index (χ3v) is 4.09. The lowest BCUT2D eigenvalue weighted by atomic mass is 10.1. The summed E-state index contributed by atoms with van der Waals surface area (Å²) in [5.41, 5.74) is 0.695. The number of methoxy groups -OCH3 is 1. The molecule has 116 valence electrons. The first-order chi connectivity index (χ1) is 10.6. The van der Waals surface area contributed by atoms with E-state index in [1.165, 1.54) is 24.9 Å². The first-order valence-corrected chi connectivity index (χ1v) is 7.74. The topological polar surface area (TPSA) is 51.2 Å². The van der Waals surface area contributed by atoms with Gasteiger partial charge in [0.25, 0.3) is 0 Å². The van der Waals surface area contributed by atoms with Gasteiger partial charge in [-0.1, -0.05) is 6.07 Å². The van der Waals surface area contributed by atoms with E-state index >= 15 is 0 Å². The van der Waals surface area contributed by atoms with Crippen molar-refractivity contribution in [3.8, 4) is 5.75 Å². The van der Waals surface area contributed by atoms with Crippen molar-refractivity contribution in [2.75, 3.05) is 12.9 Å². The molecule has 1 N–H and O–H groups in total. The number of hydrogen-bond acceptors (Lipinski definition) is 4. The van der Waals surface area contributed by atoms with Gasteiger partial charge in [0.15, 0.2) is 11.6 Å². The highest BCUT2D eigenvalue weighted by atomic mass is 32.2. The molecule has 6 heteroatoms. The third-order valence-electron chi connectivity index (χ3n) is 3.07. The number of amides is 1. The van der Waals surface area contributed by atoms with Gasteiger partial charge >= 0.3 is 0 Å². The lowest BCUT2D eigenvalue weighted by Crippen LogP contribution is -2.28. The van der Waals surface area contributed by atoms with Crippen molar-refractivity contribution in [3.63, 3.8) is 0 Å². The largest absolute Gasteiger partial charge is 0.494 e. The molecule has 1 amide bonds. The molecular weight excluding hydrogens is 303 g/mol. The lowest BCUT2D eigenvalue weighted by molar-refractivity contribution is -0.119. The molecule has 0 spiro atoms. The number of nitrogens with one attached hydrogen (secondary N) is 1. The molecule has 0 saturated carbocycles. The highest BCUT2D eigenvalue weighted by Gasteiger charge is 2.12. The molecule has 0 radical (unpaired) electrons. The summed E-state index contributed by atoms with van der Waals surface area (Å²) >= 11 is 1.43. The van der Waals surface area contributed by atoms with Gasteiger partial charge in [0.05, 0.1) is 18.9 Å². The predicted molar refractivity (Wildman–Crippen MR) is 84.5 cm³/mol. The zero-order chi connectivity index (χ0) is 15.9. The number of nitrogens with zero attached hydrogens (tertiary/aromatic N) is 1. The number of carbonyl (C=O) groups excluding carboxylic acids is 1. The Balaban J connectivity index is 1.89. The highest BCUT2D eigenvalue weighted by Crippen LogP contribution is 2.22. The minimum atomic E-state index is -0.438. The predicted octanol–water partition coefficient (Wildman–Crippen LogP) is 3.20. The first-order valence-electron chi connectivity index (χ1n) is 6.75. The van der Waals surface area contributed by atoms with Gasteiger partial charge in [0.1, 0.15) is 0 Å². The number of hydrogen-bond donors (Lipinski definition) is 1. The normalized spacial score (nSPS) is 11.8. The zero-order valence-corrected chi connectivity index (χ0v) is 13.2. The molecular formula is C16H17FN2O2S. The molecule has 4 nitrogen and oxygen atoms in total. The van der Waals surface area contributed by atoms with Crippen molar-refractivity contribution in [2.24, 2.45) is 0 Å². The molecule has 1 aromatic carbocycles. The molecule has 2 aromatic rings. The molecule has 1 heterocycles. The van der Waals surface area contributed by atoms with Gasteiger partial charge in [-0.2, -0.15) is 0 Å². The second-order valence-electron chi connectivity index (χ2n) is 4.65. The molecule has 0 fully saturated rings. The van der Waals surface area contributed by atoms with E-state index < -0.39 is 5.82 Å². The Hall–Kier alpha value is -2.08. The molecule has 0 aliphatic heterocycles. The molecule has 1 atom stereocenters. The van der Waals surface area contributed by atoms with Crippen LogP contribution in [0.1, 0.15) is 18.5 Å². The van der Waals surface area contributed by atoms with Crippen LogP contribution in [0.3, 0.4) is 0 Å². The van der Waals surface area contributed by atoms with Gasteiger partial charge in [-0.25, -0.2) is 4.39 Å². The average molecular weight is 320 g/mol. The van der Waals surface area contributed by atoms with Crippen LogP contribution < -0.4 is 10.1 Å². The monoisotopic (exact) mass is 320 g/mol. The van der Waals surface area contributed by atoms with Crippen molar-refractivity contribution < 1.29 is 13.9 Å². The van der Waals surface area contributed by atoms with Crippen molar-refractivity contribution in [1.29, 1.82) is 0 Å². The van der Waals surface area contributed by atoms with E-state index in [0.29, 0.717) is 11.3 Å². The maximum atomic E-state index is 13.7. The number of aromatic nitrogens is 1. The summed E-state index contributed by atoms with van der Waals surface area (Å²) in [5, 5.41) is 2.85. The Labute approximate surface area is 133 Å². The van der Waals surface area contributed by atoms with Gasteiger partial charge in [-0.3, -0.25) is 9.78 Å². The SMILES string of the molecule is COc1ccc(C(C)NC(=O)CSc2ccncc2)cc1F. The van der Waals surface area contributed by atoms with Crippen LogP contribution in [-0.4, -0.2) is 23.8 Å². The van der Waals surface area contributed by atoms with E-state index in [9.17, 15) is 9.18 Å². The van der Waals surface area contributed by atoms with Gasteiger partial charge in [0, 0.05) is 17.3 Å². The minimum absolute atomic E-state index is 0.106. The summed E-state index contributed by atoms with van der Waals surface area (Å²) in [7, 11) is 1.42. The van der Waals surface area contributed by atoms with Crippen LogP contribution in [0.4, 0.5) is 4.39 Å². The van der Waals surface area contributed by atoms with Crippen LogP contribution in [0.25, 0.3) is 0 Å². The number of pyridine rings is 1. The van der Waals surface area contributed by atoms with Gasteiger partial charge < -0.3 is 10.1 Å². The van der Waals surface area contributed by atoms with Crippen LogP contribution in [0, 0.1) is 5.82 Å². The van der Waals surface area contributed by atoms with E-state index in [0.717, 1.165) is 4.90 Å². The first kappa shape index (κ1) is 16.3. The molecule has 0 aliphatic rings. The minimum Gasteiger partial charge on any atom is -0.494 e. The van der Waals surface area contributed by atoms with Crippen LogP contribution in [0.15, 0.2) is 47.6 Å². The number of carbonyl (C=O) groups is 1. The standard InChI is InChI=1S/C16H17FN2O2S/c1-11(12-3-4-15(21-2)14(17)9-12)19-16(20)10-22-13-5-7-18-8-6-13/h3-9,11H,10H2,1-2H3,(H,19,20). The van der Waals surface area contributed by atoms with Crippen LogP contribution in [0.2, 0.25) is 0 Å². The fourth-order valence-electron chi connectivity index (χ4n) is 1.90.